The smallest absolute Gasteiger partial charge is 0.155 e. The summed E-state index contributed by atoms with van der Waals surface area (Å²) in [6.07, 6.45) is 3.79. The Balaban J connectivity index is 2.36. The molecule has 0 radical (unpaired) electrons. The van der Waals surface area contributed by atoms with E-state index in [-0.39, 0.29) is 5.84 Å². The fraction of sp³-hybridized carbons (Fsp3) is 0.125. The first-order chi connectivity index (χ1) is 6.79. The van der Waals surface area contributed by atoms with Gasteiger partial charge < -0.3 is 10.9 Å². The summed E-state index contributed by atoms with van der Waals surface area (Å²) in [5.74, 6) is 0.133. The predicted octanol–water partition coefficient (Wildman–Crippen LogP) is 0.0182. The molecule has 2 aromatic heterocycles. The van der Waals surface area contributed by atoms with Gasteiger partial charge in [0.25, 0.3) is 0 Å². The summed E-state index contributed by atoms with van der Waals surface area (Å²) in [6.45, 7) is 0. The van der Waals surface area contributed by atoms with Crippen molar-refractivity contribution in [3.63, 3.8) is 0 Å². The Labute approximate surface area is 79.7 Å². The van der Waals surface area contributed by atoms with Crippen LogP contribution >= 0.6 is 0 Å². The molecule has 2 rings (SSSR count). The molecule has 0 spiro atoms. The molecule has 0 aliphatic heterocycles. The monoisotopic (exact) mass is 191 g/mol. The highest BCUT2D eigenvalue weighted by Crippen LogP contribution is 2.03. The van der Waals surface area contributed by atoms with Gasteiger partial charge in [-0.25, -0.2) is 9.50 Å². The summed E-state index contributed by atoms with van der Waals surface area (Å²) in [5.41, 5.74) is 6.82. The lowest BCUT2D eigenvalue weighted by Gasteiger charge is -1.91. The number of nitrogens with zero attached hydrogens (tertiary/aromatic N) is 4. The molecule has 2 heterocycles. The summed E-state index contributed by atoms with van der Waals surface area (Å²) >= 11 is 0. The van der Waals surface area contributed by atoms with Crippen LogP contribution in [0.3, 0.4) is 0 Å². The second-order valence-corrected chi connectivity index (χ2v) is 2.83. The van der Waals surface area contributed by atoms with Crippen LogP contribution in [0.5, 0.6) is 0 Å². The number of nitrogens with two attached hydrogens (primary N) is 1. The molecular formula is C8H9N5O. The van der Waals surface area contributed by atoms with Gasteiger partial charge in [0, 0.05) is 18.5 Å². The van der Waals surface area contributed by atoms with Gasteiger partial charge >= 0.3 is 0 Å². The van der Waals surface area contributed by atoms with E-state index in [0.29, 0.717) is 6.42 Å². The Morgan fingerprint density at radius 1 is 1.64 bits per heavy atom. The van der Waals surface area contributed by atoms with Gasteiger partial charge in [0.1, 0.15) is 5.84 Å². The third kappa shape index (κ3) is 1.49. The van der Waals surface area contributed by atoms with E-state index in [0.717, 1.165) is 11.3 Å². The van der Waals surface area contributed by atoms with Crippen LogP contribution in [0.4, 0.5) is 0 Å². The van der Waals surface area contributed by atoms with Gasteiger partial charge in [-0.15, -0.1) is 0 Å². The van der Waals surface area contributed by atoms with Crippen molar-refractivity contribution in [1.29, 1.82) is 0 Å². The summed E-state index contributed by atoms with van der Waals surface area (Å²) in [6, 6.07) is 3.57. The Morgan fingerprint density at radius 2 is 2.50 bits per heavy atom. The molecule has 0 aromatic carbocycles. The van der Waals surface area contributed by atoms with E-state index >= 15 is 0 Å². The topological polar surface area (TPSA) is 88.8 Å². The van der Waals surface area contributed by atoms with Crippen molar-refractivity contribution in [3.05, 3.63) is 30.2 Å². The molecule has 0 aliphatic rings. The highest BCUT2D eigenvalue weighted by molar-refractivity contribution is 5.81. The molecule has 14 heavy (non-hydrogen) atoms. The zero-order valence-corrected chi connectivity index (χ0v) is 7.33. The normalized spacial score (nSPS) is 12.1. The van der Waals surface area contributed by atoms with Crippen LogP contribution in [-0.4, -0.2) is 25.6 Å². The maximum absolute atomic E-state index is 8.38. The van der Waals surface area contributed by atoms with E-state index in [1.807, 2.05) is 0 Å². The third-order valence-corrected chi connectivity index (χ3v) is 1.78. The minimum atomic E-state index is 0.133. The number of hydrogen-bond donors (Lipinski definition) is 2. The minimum Gasteiger partial charge on any atom is -0.409 e. The molecule has 72 valence electrons. The van der Waals surface area contributed by atoms with Gasteiger partial charge in [-0.2, -0.15) is 5.10 Å². The van der Waals surface area contributed by atoms with Crippen molar-refractivity contribution in [1.82, 2.24) is 14.6 Å². The predicted molar refractivity (Wildman–Crippen MR) is 50.1 cm³/mol. The van der Waals surface area contributed by atoms with Crippen molar-refractivity contribution in [2.45, 2.75) is 6.42 Å². The first kappa shape index (κ1) is 8.49. The van der Waals surface area contributed by atoms with Crippen LogP contribution in [0.25, 0.3) is 5.65 Å². The lowest BCUT2D eigenvalue weighted by molar-refractivity contribution is 0.317. The van der Waals surface area contributed by atoms with E-state index in [9.17, 15) is 0 Å². The van der Waals surface area contributed by atoms with Gasteiger partial charge in [-0.1, -0.05) is 5.16 Å². The number of rotatable bonds is 2. The highest BCUT2D eigenvalue weighted by atomic mass is 16.4. The average Bonchev–Trinajstić information content (AvgIpc) is 2.59. The van der Waals surface area contributed by atoms with Crippen LogP contribution in [0.2, 0.25) is 0 Å². The molecule has 0 saturated heterocycles. The standard InChI is InChI=1S/C8H9N5O/c9-7(12-14)4-6-5-8-10-2-1-3-13(8)11-6/h1-3,5,14H,4H2,(H2,9,12). The van der Waals surface area contributed by atoms with Gasteiger partial charge in [-0.3, -0.25) is 0 Å². The molecule has 0 bridgehead atoms. The average molecular weight is 191 g/mol. The van der Waals surface area contributed by atoms with Crippen molar-refractivity contribution in [2.24, 2.45) is 10.9 Å². The number of aromatic nitrogens is 3. The zero-order valence-electron chi connectivity index (χ0n) is 7.33. The van der Waals surface area contributed by atoms with Gasteiger partial charge in [0.2, 0.25) is 0 Å². The van der Waals surface area contributed by atoms with Crippen LogP contribution in [-0.2, 0) is 6.42 Å². The van der Waals surface area contributed by atoms with Crippen molar-refractivity contribution >= 4 is 11.5 Å². The number of hydrogen-bond acceptors (Lipinski definition) is 4. The molecule has 0 fully saturated rings. The third-order valence-electron chi connectivity index (χ3n) is 1.78. The molecule has 6 nitrogen and oxygen atoms in total. The summed E-state index contributed by atoms with van der Waals surface area (Å²) in [4.78, 5) is 4.09. The molecular weight excluding hydrogens is 182 g/mol. The molecule has 0 saturated carbocycles. The molecule has 6 heteroatoms. The van der Waals surface area contributed by atoms with E-state index in [1.54, 1.807) is 29.0 Å². The quantitative estimate of drug-likeness (QED) is 0.303. The Bertz CT molecular complexity index is 442. The molecule has 2 aromatic rings. The summed E-state index contributed by atoms with van der Waals surface area (Å²) in [7, 11) is 0. The number of amidine groups is 1. The molecule has 0 amide bonds. The maximum atomic E-state index is 8.38. The van der Waals surface area contributed by atoms with Gasteiger partial charge in [-0.05, 0) is 6.07 Å². The van der Waals surface area contributed by atoms with Crippen LogP contribution in [0, 0.1) is 0 Å². The van der Waals surface area contributed by atoms with Crippen LogP contribution in [0.15, 0.2) is 29.7 Å². The number of oxime groups is 1. The Hall–Kier alpha value is -2.11. The minimum absolute atomic E-state index is 0.133. The zero-order chi connectivity index (χ0) is 9.97. The van der Waals surface area contributed by atoms with Crippen LogP contribution in [0.1, 0.15) is 5.69 Å². The van der Waals surface area contributed by atoms with Crippen LogP contribution < -0.4 is 5.73 Å². The first-order valence-electron chi connectivity index (χ1n) is 4.05. The largest absolute Gasteiger partial charge is 0.409 e. The summed E-state index contributed by atoms with van der Waals surface area (Å²) < 4.78 is 1.64. The number of fused-ring (bicyclic) bond motifs is 1. The first-order valence-corrected chi connectivity index (χ1v) is 4.05. The fourth-order valence-electron chi connectivity index (χ4n) is 1.19. The van der Waals surface area contributed by atoms with Crippen molar-refractivity contribution in [2.75, 3.05) is 0 Å². The lowest BCUT2D eigenvalue weighted by atomic mass is 10.3. The van der Waals surface area contributed by atoms with Crippen molar-refractivity contribution in [3.8, 4) is 0 Å². The maximum Gasteiger partial charge on any atom is 0.155 e. The van der Waals surface area contributed by atoms with E-state index in [1.165, 1.54) is 0 Å². The van der Waals surface area contributed by atoms with Gasteiger partial charge in [0.15, 0.2) is 5.65 Å². The fourth-order valence-corrected chi connectivity index (χ4v) is 1.19. The molecule has 0 atom stereocenters. The summed E-state index contributed by atoms with van der Waals surface area (Å²) in [5, 5.41) is 15.4. The van der Waals surface area contributed by atoms with E-state index in [4.69, 9.17) is 10.9 Å². The SMILES string of the molecule is N/C(Cc1cc2ncccn2n1)=N\O. The van der Waals surface area contributed by atoms with E-state index < -0.39 is 0 Å². The molecule has 3 N–H and O–H groups in total. The second kappa shape index (κ2) is 3.33. The van der Waals surface area contributed by atoms with Crippen molar-refractivity contribution < 1.29 is 5.21 Å². The Morgan fingerprint density at radius 3 is 3.21 bits per heavy atom. The highest BCUT2D eigenvalue weighted by Gasteiger charge is 2.03. The van der Waals surface area contributed by atoms with Gasteiger partial charge in [0.05, 0.1) is 12.1 Å². The lowest BCUT2D eigenvalue weighted by Crippen LogP contribution is -2.14. The molecule has 0 unspecified atom stereocenters. The second-order valence-electron chi connectivity index (χ2n) is 2.83. The molecule has 0 aliphatic carbocycles. The Kier molecular flexibility index (Phi) is 2.02. The van der Waals surface area contributed by atoms with E-state index in [2.05, 4.69) is 15.2 Å².